The van der Waals surface area contributed by atoms with Crippen LogP contribution in [0.1, 0.15) is 24.1 Å². The van der Waals surface area contributed by atoms with E-state index in [9.17, 15) is 4.79 Å². The zero-order chi connectivity index (χ0) is 17.5. The summed E-state index contributed by atoms with van der Waals surface area (Å²) in [6.45, 7) is 4.26. The van der Waals surface area contributed by atoms with E-state index in [0.29, 0.717) is 32.8 Å². The minimum absolute atomic E-state index is 0.00119. The predicted molar refractivity (Wildman–Crippen MR) is 94.0 cm³/mol. The van der Waals surface area contributed by atoms with Crippen molar-refractivity contribution in [2.45, 2.75) is 45.1 Å². The van der Waals surface area contributed by atoms with E-state index in [1.807, 2.05) is 48.0 Å². The highest BCUT2D eigenvalue weighted by Gasteiger charge is 2.27. The third-order valence-corrected chi connectivity index (χ3v) is 4.43. The molecule has 1 saturated heterocycles. The van der Waals surface area contributed by atoms with E-state index in [0.717, 1.165) is 17.7 Å². The Morgan fingerprint density at radius 1 is 1.36 bits per heavy atom. The van der Waals surface area contributed by atoms with Crippen LogP contribution < -0.4 is 5.32 Å². The summed E-state index contributed by atoms with van der Waals surface area (Å²) >= 11 is 0. The first-order valence-electron chi connectivity index (χ1n) is 8.73. The van der Waals surface area contributed by atoms with Crippen molar-refractivity contribution in [2.75, 3.05) is 13.2 Å². The molecule has 1 aromatic carbocycles. The zero-order valence-corrected chi connectivity index (χ0v) is 14.6. The molecule has 1 fully saturated rings. The third kappa shape index (κ3) is 5.14. The second kappa shape index (κ2) is 8.78. The van der Waals surface area contributed by atoms with Crippen LogP contribution in [0.25, 0.3) is 0 Å². The van der Waals surface area contributed by atoms with Crippen molar-refractivity contribution in [3.63, 3.8) is 0 Å². The van der Waals surface area contributed by atoms with Gasteiger partial charge in [0, 0.05) is 31.5 Å². The second-order valence-electron chi connectivity index (χ2n) is 6.32. The molecule has 1 aromatic heterocycles. The van der Waals surface area contributed by atoms with Gasteiger partial charge in [-0.1, -0.05) is 30.3 Å². The second-order valence-corrected chi connectivity index (χ2v) is 6.32. The number of rotatable bonds is 7. The van der Waals surface area contributed by atoms with E-state index >= 15 is 0 Å². The van der Waals surface area contributed by atoms with Crippen molar-refractivity contribution in [3.05, 3.63) is 53.9 Å². The Bertz CT molecular complexity index is 672. The molecule has 1 amide bonds. The minimum atomic E-state index is -0.108. The van der Waals surface area contributed by atoms with E-state index in [1.54, 1.807) is 6.20 Å². The molecule has 1 aliphatic rings. The molecule has 2 heterocycles. The number of ether oxygens (including phenoxy) is 2. The van der Waals surface area contributed by atoms with Crippen molar-refractivity contribution in [2.24, 2.45) is 0 Å². The van der Waals surface area contributed by atoms with Crippen molar-refractivity contribution >= 4 is 5.91 Å². The number of hydrogen-bond acceptors (Lipinski definition) is 4. The molecule has 1 N–H and O–H groups in total. The van der Waals surface area contributed by atoms with Crippen molar-refractivity contribution < 1.29 is 14.3 Å². The van der Waals surface area contributed by atoms with E-state index < -0.39 is 0 Å². The zero-order valence-electron chi connectivity index (χ0n) is 14.6. The predicted octanol–water partition coefficient (Wildman–Crippen LogP) is 2.07. The van der Waals surface area contributed by atoms with Crippen molar-refractivity contribution in [3.8, 4) is 0 Å². The summed E-state index contributed by atoms with van der Waals surface area (Å²) in [5, 5.41) is 7.26. The average molecular weight is 343 g/mol. The molecule has 2 aromatic rings. The molecule has 2 atom stereocenters. The van der Waals surface area contributed by atoms with Gasteiger partial charge in [-0.25, -0.2) is 0 Å². The summed E-state index contributed by atoms with van der Waals surface area (Å²) in [5.41, 5.74) is 2.19. The maximum atomic E-state index is 12.3. The Hall–Kier alpha value is -2.18. The van der Waals surface area contributed by atoms with Gasteiger partial charge in [0.2, 0.25) is 5.91 Å². The lowest BCUT2D eigenvalue weighted by atomic mass is 10.1. The van der Waals surface area contributed by atoms with Crippen LogP contribution in [0.4, 0.5) is 0 Å². The molecule has 3 rings (SSSR count). The number of hydrogen-bond donors (Lipinski definition) is 1. The SMILES string of the molecule is Cc1ccnn1CCC(=O)N[C@@H]1COCC[C@@H]1OCc1ccccc1. The normalized spacial score (nSPS) is 20.4. The first-order chi connectivity index (χ1) is 12.2. The topological polar surface area (TPSA) is 65.4 Å². The number of benzene rings is 1. The van der Waals surface area contributed by atoms with E-state index in [1.165, 1.54) is 0 Å². The lowest BCUT2D eigenvalue weighted by Crippen LogP contribution is -2.50. The molecule has 134 valence electrons. The van der Waals surface area contributed by atoms with Gasteiger partial charge >= 0.3 is 0 Å². The summed E-state index contributed by atoms with van der Waals surface area (Å²) in [6.07, 6.45) is 2.90. The molecule has 0 unspecified atom stereocenters. The molecule has 6 heteroatoms. The van der Waals surface area contributed by atoms with E-state index in [-0.39, 0.29) is 18.1 Å². The summed E-state index contributed by atoms with van der Waals surface area (Å²) in [4.78, 5) is 12.3. The summed E-state index contributed by atoms with van der Waals surface area (Å²) in [5.74, 6) is -0.00119. The fraction of sp³-hybridized carbons (Fsp3) is 0.474. The van der Waals surface area contributed by atoms with E-state index in [2.05, 4.69) is 10.4 Å². The van der Waals surface area contributed by atoms with Gasteiger partial charge in [-0.05, 0) is 25.0 Å². The minimum Gasteiger partial charge on any atom is -0.379 e. The molecule has 0 aliphatic carbocycles. The van der Waals surface area contributed by atoms with Crippen LogP contribution in [0.15, 0.2) is 42.6 Å². The van der Waals surface area contributed by atoms with Crippen LogP contribution in [0.2, 0.25) is 0 Å². The summed E-state index contributed by atoms with van der Waals surface area (Å²) < 4.78 is 13.4. The Morgan fingerprint density at radius 3 is 2.96 bits per heavy atom. The molecule has 0 bridgehead atoms. The first kappa shape index (κ1) is 17.6. The van der Waals surface area contributed by atoms with Gasteiger partial charge in [0.05, 0.1) is 25.4 Å². The molecule has 0 spiro atoms. The van der Waals surface area contributed by atoms with Crippen molar-refractivity contribution in [1.29, 1.82) is 0 Å². The van der Waals surface area contributed by atoms with E-state index in [4.69, 9.17) is 9.47 Å². The van der Waals surface area contributed by atoms with Crippen molar-refractivity contribution in [1.82, 2.24) is 15.1 Å². The van der Waals surface area contributed by atoms with Crippen LogP contribution in [-0.4, -0.2) is 41.0 Å². The Morgan fingerprint density at radius 2 is 2.20 bits per heavy atom. The van der Waals surface area contributed by atoms with Gasteiger partial charge in [0.15, 0.2) is 0 Å². The Labute approximate surface area is 148 Å². The van der Waals surface area contributed by atoms with Gasteiger partial charge in [-0.15, -0.1) is 0 Å². The van der Waals surface area contributed by atoms with Gasteiger partial charge in [-0.2, -0.15) is 5.10 Å². The van der Waals surface area contributed by atoms with Crippen LogP contribution in [0.5, 0.6) is 0 Å². The lowest BCUT2D eigenvalue weighted by Gasteiger charge is -2.32. The highest BCUT2D eigenvalue weighted by molar-refractivity contribution is 5.76. The molecule has 0 saturated carbocycles. The average Bonchev–Trinajstić information content (AvgIpc) is 3.05. The molecular weight excluding hydrogens is 318 g/mol. The number of aryl methyl sites for hydroxylation is 2. The van der Waals surface area contributed by atoms with Gasteiger partial charge in [0.1, 0.15) is 0 Å². The number of carbonyl (C=O) groups excluding carboxylic acids is 1. The lowest BCUT2D eigenvalue weighted by molar-refractivity contribution is -0.126. The number of amides is 1. The fourth-order valence-corrected chi connectivity index (χ4v) is 2.95. The molecule has 1 aliphatic heterocycles. The van der Waals surface area contributed by atoms with Crippen LogP contribution >= 0.6 is 0 Å². The highest BCUT2D eigenvalue weighted by Crippen LogP contribution is 2.15. The van der Waals surface area contributed by atoms with Gasteiger partial charge in [-0.3, -0.25) is 9.48 Å². The quantitative estimate of drug-likeness (QED) is 0.836. The fourth-order valence-electron chi connectivity index (χ4n) is 2.95. The van der Waals surface area contributed by atoms with Gasteiger partial charge in [0.25, 0.3) is 0 Å². The molecule has 25 heavy (non-hydrogen) atoms. The molecule has 0 radical (unpaired) electrons. The number of carbonyl (C=O) groups is 1. The maximum Gasteiger partial charge on any atom is 0.222 e. The molecule has 6 nitrogen and oxygen atoms in total. The maximum absolute atomic E-state index is 12.3. The van der Waals surface area contributed by atoms with Crippen LogP contribution in [-0.2, 0) is 27.4 Å². The number of nitrogens with zero attached hydrogens (tertiary/aromatic N) is 2. The Balaban J connectivity index is 1.48. The largest absolute Gasteiger partial charge is 0.379 e. The smallest absolute Gasteiger partial charge is 0.222 e. The molecular formula is C19H25N3O3. The standard InChI is InChI=1S/C19H25N3O3/c1-15-7-10-20-22(15)11-8-19(23)21-17-14-24-12-9-18(17)25-13-16-5-3-2-4-6-16/h2-7,10,17-18H,8-9,11-14H2,1H3,(H,21,23)/t17-,18+/m1/s1. The Kier molecular flexibility index (Phi) is 6.19. The van der Waals surface area contributed by atoms with Crippen LogP contribution in [0.3, 0.4) is 0 Å². The first-order valence-corrected chi connectivity index (χ1v) is 8.73. The van der Waals surface area contributed by atoms with Gasteiger partial charge < -0.3 is 14.8 Å². The summed E-state index contributed by atoms with van der Waals surface area (Å²) in [6, 6.07) is 11.9. The number of nitrogens with one attached hydrogen (secondary N) is 1. The summed E-state index contributed by atoms with van der Waals surface area (Å²) in [7, 11) is 0. The highest BCUT2D eigenvalue weighted by atomic mass is 16.5. The number of aromatic nitrogens is 2. The van der Waals surface area contributed by atoms with Crippen LogP contribution in [0, 0.1) is 6.92 Å². The third-order valence-electron chi connectivity index (χ3n) is 4.43. The monoisotopic (exact) mass is 343 g/mol.